The summed E-state index contributed by atoms with van der Waals surface area (Å²) in [5, 5.41) is 9.75. The summed E-state index contributed by atoms with van der Waals surface area (Å²) in [5.41, 5.74) is 0.870. The van der Waals surface area contributed by atoms with E-state index >= 15 is 0 Å². The first-order chi connectivity index (χ1) is 12.0. The largest absolute Gasteiger partial charge is 0.481 e. The lowest BCUT2D eigenvalue weighted by Gasteiger charge is -2.30. The van der Waals surface area contributed by atoms with Crippen LogP contribution in [-0.2, 0) is 16.0 Å². The Morgan fingerprint density at radius 2 is 2.08 bits per heavy atom. The van der Waals surface area contributed by atoms with Gasteiger partial charge in [0.25, 0.3) is 0 Å². The zero-order chi connectivity index (χ0) is 17.8. The van der Waals surface area contributed by atoms with Crippen LogP contribution in [0.5, 0.6) is 0 Å². The van der Waals surface area contributed by atoms with Crippen LogP contribution in [0.25, 0.3) is 11.3 Å². The second-order valence-electron chi connectivity index (χ2n) is 6.14. The van der Waals surface area contributed by atoms with E-state index in [9.17, 15) is 9.59 Å². The van der Waals surface area contributed by atoms with Crippen LogP contribution in [0.4, 0.5) is 0 Å². The Morgan fingerprint density at radius 1 is 1.32 bits per heavy atom. The molecule has 6 nitrogen and oxygen atoms in total. The third-order valence-corrected chi connectivity index (χ3v) is 4.61. The van der Waals surface area contributed by atoms with Gasteiger partial charge in [0.1, 0.15) is 0 Å². The van der Waals surface area contributed by atoms with Crippen LogP contribution in [0.15, 0.2) is 34.9 Å². The van der Waals surface area contributed by atoms with Crippen molar-refractivity contribution in [3.63, 3.8) is 0 Å². The summed E-state index contributed by atoms with van der Waals surface area (Å²) in [6, 6.07) is 7.24. The van der Waals surface area contributed by atoms with Crippen molar-refractivity contribution in [1.82, 2.24) is 9.88 Å². The standard InChI is InChI=1S/C18H19ClN2O4/c19-14-5-3-12(4-6-14)15-10-20-16(25-15)7-8-17(22)21-9-1-2-13(11-21)18(23)24/h3-6,10,13H,1-2,7-9,11H2,(H,23,24)/t13-/m0/s1. The number of aromatic nitrogens is 1. The first kappa shape index (κ1) is 17.5. The van der Waals surface area contributed by atoms with Gasteiger partial charge in [-0.15, -0.1) is 0 Å². The Balaban J connectivity index is 1.56. The van der Waals surface area contributed by atoms with Crippen LogP contribution in [0.3, 0.4) is 0 Å². The fraction of sp³-hybridized carbons (Fsp3) is 0.389. The maximum atomic E-state index is 12.3. The summed E-state index contributed by atoms with van der Waals surface area (Å²) in [6.07, 6.45) is 3.63. The molecule has 1 aromatic heterocycles. The van der Waals surface area contributed by atoms with Gasteiger partial charge in [0.15, 0.2) is 11.7 Å². The zero-order valence-corrected chi connectivity index (χ0v) is 14.4. The quantitative estimate of drug-likeness (QED) is 0.882. The van der Waals surface area contributed by atoms with E-state index in [1.54, 1.807) is 23.2 Å². The molecule has 25 heavy (non-hydrogen) atoms. The first-order valence-corrected chi connectivity index (χ1v) is 8.62. The number of carboxylic acids is 1. The minimum absolute atomic E-state index is 0.0582. The molecule has 2 aromatic rings. The Hall–Kier alpha value is -2.34. The lowest BCUT2D eigenvalue weighted by molar-refractivity contribution is -0.145. The number of benzene rings is 1. The molecule has 1 aromatic carbocycles. The Kier molecular flexibility index (Phi) is 5.38. The summed E-state index contributed by atoms with van der Waals surface area (Å²) in [5.74, 6) is -0.237. The van der Waals surface area contributed by atoms with Gasteiger partial charge in [0.2, 0.25) is 5.91 Å². The molecule has 0 spiro atoms. The number of rotatable bonds is 5. The number of carbonyl (C=O) groups excluding carboxylic acids is 1. The van der Waals surface area contributed by atoms with Gasteiger partial charge in [-0.1, -0.05) is 11.6 Å². The van der Waals surface area contributed by atoms with Crippen molar-refractivity contribution in [1.29, 1.82) is 0 Å². The monoisotopic (exact) mass is 362 g/mol. The van der Waals surface area contributed by atoms with E-state index in [1.807, 2.05) is 12.1 Å². The number of likely N-dealkylation sites (tertiary alicyclic amines) is 1. The van der Waals surface area contributed by atoms with Gasteiger partial charge in [0, 0.05) is 36.5 Å². The predicted octanol–water partition coefficient (Wildman–Crippen LogP) is 3.25. The number of hydrogen-bond acceptors (Lipinski definition) is 4. The molecule has 0 unspecified atom stereocenters. The van der Waals surface area contributed by atoms with Crippen LogP contribution < -0.4 is 0 Å². The van der Waals surface area contributed by atoms with Crippen molar-refractivity contribution in [3.8, 4) is 11.3 Å². The molecule has 1 N–H and O–H groups in total. The van der Waals surface area contributed by atoms with Gasteiger partial charge < -0.3 is 14.4 Å². The van der Waals surface area contributed by atoms with Crippen LogP contribution in [0.2, 0.25) is 5.02 Å². The molecule has 132 valence electrons. The molecule has 1 fully saturated rings. The molecule has 0 aliphatic carbocycles. The highest BCUT2D eigenvalue weighted by molar-refractivity contribution is 6.30. The van der Waals surface area contributed by atoms with Gasteiger partial charge in [-0.25, -0.2) is 4.98 Å². The Bertz CT molecular complexity index is 757. The molecule has 1 atom stereocenters. The Labute approximate surface area is 150 Å². The second-order valence-corrected chi connectivity index (χ2v) is 6.58. The molecule has 1 amide bonds. The first-order valence-electron chi connectivity index (χ1n) is 8.24. The molecular formula is C18H19ClN2O4. The highest BCUT2D eigenvalue weighted by Gasteiger charge is 2.28. The highest BCUT2D eigenvalue weighted by Crippen LogP contribution is 2.23. The summed E-state index contributed by atoms with van der Waals surface area (Å²) in [6.45, 7) is 0.903. The number of aliphatic carboxylic acids is 1. The number of piperidine rings is 1. The van der Waals surface area contributed by atoms with E-state index in [4.69, 9.17) is 21.1 Å². The maximum absolute atomic E-state index is 12.3. The average molecular weight is 363 g/mol. The number of halogens is 1. The van der Waals surface area contributed by atoms with E-state index in [-0.39, 0.29) is 18.9 Å². The van der Waals surface area contributed by atoms with Crippen molar-refractivity contribution in [2.75, 3.05) is 13.1 Å². The predicted molar refractivity (Wildman–Crippen MR) is 92.2 cm³/mol. The number of carboxylic acid groups (broad SMARTS) is 1. The molecule has 0 saturated carbocycles. The minimum Gasteiger partial charge on any atom is -0.481 e. The van der Waals surface area contributed by atoms with Gasteiger partial charge in [-0.3, -0.25) is 9.59 Å². The fourth-order valence-corrected chi connectivity index (χ4v) is 3.08. The summed E-state index contributed by atoms with van der Waals surface area (Å²) < 4.78 is 5.69. The van der Waals surface area contributed by atoms with Crippen molar-refractivity contribution in [3.05, 3.63) is 41.4 Å². The number of hydrogen-bond donors (Lipinski definition) is 1. The van der Waals surface area contributed by atoms with Gasteiger partial charge in [0.05, 0.1) is 12.1 Å². The number of nitrogens with zero attached hydrogens (tertiary/aromatic N) is 2. The van der Waals surface area contributed by atoms with Gasteiger partial charge in [-0.05, 0) is 37.1 Å². The van der Waals surface area contributed by atoms with E-state index < -0.39 is 11.9 Å². The van der Waals surface area contributed by atoms with E-state index in [1.165, 1.54) is 0 Å². The van der Waals surface area contributed by atoms with Crippen LogP contribution in [0.1, 0.15) is 25.2 Å². The van der Waals surface area contributed by atoms with Gasteiger partial charge in [-0.2, -0.15) is 0 Å². The topological polar surface area (TPSA) is 83.6 Å². The molecule has 1 aliphatic rings. The number of aryl methyl sites for hydroxylation is 1. The van der Waals surface area contributed by atoms with Crippen molar-refractivity contribution >= 4 is 23.5 Å². The number of amides is 1. The summed E-state index contributed by atoms with van der Waals surface area (Å²) in [7, 11) is 0. The molecule has 0 radical (unpaired) electrons. The minimum atomic E-state index is -0.835. The molecular weight excluding hydrogens is 344 g/mol. The molecule has 7 heteroatoms. The van der Waals surface area contributed by atoms with Crippen molar-refractivity contribution < 1.29 is 19.1 Å². The number of oxazole rings is 1. The Morgan fingerprint density at radius 3 is 2.80 bits per heavy atom. The molecule has 3 rings (SSSR count). The average Bonchev–Trinajstić information content (AvgIpc) is 3.09. The van der Waals surface area contributed by atoms with Crippen molar-refractivity contribution in [2.45, 2.75) is 25.7 Å². The number of carbonyl (C=O) groups is 2. The third kappa shape index (κ3) is 4.39. The molecule has 2 heterocycles. The summed E-state index contributed by atoms with van der Waals surface area (Å²) in [4.78, 5) is 29.2. The van der Waals surface area contributed by atoms with Crippen LogP contribution in [0, 0.1) is 5.92 Å². The third-order valence-electron chi connectivity index (χ3n) is 4.36. The van der Waals surface area contributed by atoms with Crippen LogP contribution >= 0.6 is 11.6 Å². The van der Waals surface area contributed by atoms with E-state index in [2.05, 4.69) is 4.98 Å². The smallest absolute Gasteiger partial charge is 0.308 e. The van der Waals surface area contributed by atoms with Crippen molar-refractivity contribution in [2.24, 2.45) is 5.92 Å². The van der Waals surface area contributed by atoms with Crippen LogP contribution in [-0.4, -0.2) is 40.0 Å². The second kappa shape index (κ2) is 7.70. The van der Waals surface area contributed by atoms with E-state index in [0.29, 0.717) is 36.1 Å². The highest BCUT2D eigenvalue weighted by atomic mass is 35.5. The maximum Gasteiger partial charge on any atom is 0.308 e. The molecule has 1 aliphatic heterocycles. The van der Waals surface area contributed by atoms with E-state index in [0.717, 1.165) is 12.0 Å². The fourth-order valence-electron chi connectivity index (χ4n) is 2.95. The zero-order valence-electron chi connectivity index (χ0n) is 13.7. The lowest BCUT2D eigenvalue weighted by Crippen LogP contribution is -2.42. The summed E-state index contributed by atoms with van der Waals surface area (Å²) >= 11 is 5.87. The normalized spacial score (nSPS) is 17.5. The molecule has 1 saturated heterocycles. The lowest BCUT2D eigenvalue weighted by atomic mass is 9.98. The van der Waals surface area contributed by atoms with Gasteiger partial charge >= 0.3 is 5.97 Å². The SMILES string of the molecule is O=C(O)[C@H]1CCCN(C(=O)CCc2ncc(-c3ccc(Cl)cc3)o2)C1. The molecule has 0 bridgehead atoms.